The van der Waals surface area contributed by atoms with Crippen LogP contribution in [0.3, 0.4) is 0 Å². The number of quaternary nitrogens is 1. The van der Waals surface area contributed by atoms with Gasteiger partial charge in [0.25, 0.3) is 5.91 Å². The van der Waals surface area contributed by atoms with Gasteiger partial charge in [0.15, 0.2) is 6.54 Å². The van der Waals surface area contributed by atoms with Crippen molar-refractivity contribution in [2.75, 3.05) is 19.6 Å². The quantitative estimate of drug-likeness (QED) is 0.637. The lowest BCUT2D eigenvalue weighted by Gasteiger charge is -2.20. The van der Waals surface area contributed by atoms with Crippen LogP contribution in [0, 0.1) is 0 Å². The third-order valence-electron chi connectivity index (χ3n) is 4.75. The first kappa shape index (κ1) is 19.0. The number of benzene rings is 1. The number of hydrogen-bond acceptors (Lipinski definition) is 4. The number of nitrogens with two attached hydrogens (primary N) is 1. The molecule has 1 aromatic carbocycles. The Kier molecular flexibility index (Phi) is 6.08. The van der Waals surface area contributed by atoms with E-state index < -0.39 is 10.0 Å². The molecule has 1 aliphatic rings. The average molecular weight is 395 g/mol. The van der Waals surface area contributed by atoms with Crippen LogP contribution in [0.4, 0.5) is 0 Å². The summed E-state index contributed by atoms with van der Waals surface area (Å²) < 4.78 is 22.5. The monoisotopic (exact) mass is 394 g/mol. The average Bonchev–Trinajstić information content (AvgIpc) is 3.25. The summed E-state index contributed by atoms with van der Waals surface area (Å²) in [7, 11) is -3.66. The Labute approximate surface area is 158 Å². The van der Waals surface area contributed by atoms with Gasteiger partial charge in [0.1, 0.15) is 6.04 Å². The van der Waals surface area contributed by atoms with Crippen LogP contribution in [0.1, 0.15) is 29.3 Å². The predicted molar refractivity (Wildman–Crippen MR) is 102 cm³/mol. The van der Waals surface area contributed by atoms with Crippen molar-refractivity contribution in [1.29, 1.82) is 0 Å². The summed E-state index contributed by atoms with van der Waals surface area (Å²) in [6.07, 6.45) is 2.95. The van der Waals surface area contributed by atoms with Gasteiger partial charge in [-0.3, -0.25) is 4.79 Å². The van der Waals surface area contributed by atoms with E-state index >= 15 is 0 Å². The molecule has 6 nitrogen and oxygen atoms in total. The van der Waals surface area contributed by atoms with Crippen molar-refractivity contribution in [3.63, 3.8) is 0 Å². The lowest BCUT2D eigenvalue weighted by atomic mass is 10.1. The van der Waals surface area contributed by atoms with Crippen LogP contribution in [0.2, 0.25) is 0 Å². The molecule has 1 amide bonds. The van der Waals surface area contributed by atoms with Crippen molar-refractivity contribution < 1.29 is 18.1 Å². The maximum absolute atomic E-state index is 12.3. The second-order valence-electron chi connectivity index (χ2n) is 6.58. The summed E-state index contributed by atoms with van der Waals surface area (Å²) in [5.74, 6) is 0.0598. The van der Waals surface area contributed by atoms with E-state index in [1.807, 2.05) is 0 Å². The highest BCUT2D eigenvalue weighted by molar-refractivity contribution is 7.89. The minimum atomic E-state index is -3.66. The summed E-state index contributed by atoms with van der Waals surface area (Å²) in [4.78, 5) is 15.1. The van der Waals surface area contributed by atoms with Crippen molar-refractivity contribution in [3.8, 4) is 0 Å². The first-order chi connectivity index (χ1) is 12.4. The highest BCUT2D eigenvalue weighted by atomic mass is 32.2. The number of thiophene rings is 1. The van der Waals surface area contributed by atoms with Crippen molar-refractivity contribution in [1.82, 2.24) is 5.32 Å². The summed E-state index contributed by atoms with van der Waals surface area (Å²) in [6, 6.07) is 11.1. The fourth-order valence-electron chi connectivity index (χ4n) is 3.42. The van der Waals surface area contributed by atoms with Crippen molar-refractivity contribution in [2.45, 2.75) is 30.2 Å². The number of rotatable bonds is 7. The van der Waals surface area contributed by atoms with Crippen LogP contribution in [-0.4, -0.2) is 34.0 Å². The first-order valence-corrected chi connectivity index (χ1v) is 11.1. The smallest absolute Gasteiger partial charge is 0.275 e. The molecule has 1 aliphatic heterocycles. The lowest BCUT2D eigenvalue weighted by molar-refractivity contribution is -0.910. The van der Waals surface area contributed by atoms with E-state index in [1.54, 1.807) is 23.5 Å². The molecule has 26 heavy (non-hydrogen) atoms. The van der Waals surface area contributed by atoms with Crippen molar-refractivity contribution in [3.05, 3.63) is 52.2 Å². The van der Waals surface area contributed by atoms with Crippen LogP contribution >= 0.6 is 11.3 Å². The Morgan fingerprint density at radius 3 is 2.69 bits per heavy atom. The lowest BCUT2D eigenvalue weighted by Crippen LogP contribution is -3.11. The maximum atomic E-state index is 12.3. The second-order valence-corrected chi connectivity index (χ2v) is 9.12. The van der Waals surface area contributed by atoms with Gasteiger partial charge < -0.3 is 10.2 Å². The normalized spacial score (nSPS) is 20.2. The predicted octanol–water partition coefficient (Wildman–Crippen LogP) is 0.474. The zero-order valence-electron chi connectivity index (χ0n) is 14.5. The molecule has 2 aromatic rings. The molecule has 140 valence electrons. The van der Waals surface area contributed by atoms with Crippen LogP contribution < -0.4 is 15.4 Å². The first-order valence-electron chi connectivity index (χ1n) is 8.70. The molecule has 0 spiro atoms. The number of likely N-dealkylation sites (tertiary alicyclic amines) is 1. The molecule has 0 aliphatic carbocycles. The van der Waals surface area contributed by atoms with E-state index in [4.69, 9.17) is 5.14 Å². The summed E-state index contributed by atoms with van der Waals surface area (Å²) in [5, 5.41) is 10.1. The molecule has 0 saturated carbocycles. The molecule has 2 atom stereocenters. The molecule has 4 N–H and O–H groups in total. The van der Waals surface area contributed by atoms with Crippen LogP contribution in [0.5, 0.6) is 0 Å². The third kappa shape index (κ3) is 4.91. The van der Waals surface area contributed by atoms with E-state index in [2.05, 4.69) is 22.8 Å². The topological polar surface area (TPSA) is 93.7 Å². The SMILES string of the molecule is NS(=O)(=O)c1ccc(CCNC(=O)C[NH+]2CCC[C@H]2c2cccs2)cc1. The van der Waals surface area contributed by atoms with Crippen molar-refractivity contribution in [2.24, 2.45) is 5.14 Å². The van der Waals surface area contributed by atoms with Crippen molar-refractivity contribution >= 4 is 27.3 Å². The summed E-state index contributed by atoms with van der Waals surface area (Å²) >= 11 is 1.76. The molecule has 1 saturated heterocycles. The van der Waals surface area contributed by atoms with E-state index in [0.717, 1.165) is 24.9 Å². The number of amides is 1. The van der Waals surface area contributed by atoms with Gasteiger partial charge in [-0.15, -0.1) is 11.3 Å². The fourth-order valence-corrected chi connectivity index (χ4v) is 4.85. The van der Waals surface area contributed by atoms with E-state index in [0.29, 0.717) is 25.6 Å². The van der Waals surface area contributed by atoms with Gasteiger partial charge in [-0.1, -0.05) is 18.2 Å². The zero-order valence-corrected chi connectivity index (χ0v) is 16.1. The zero-order chi connectivity index (χ0) is 18.6. The molecule has 0 radical (unpaired) electrons. The second kappa shape index (κ2) is 8.30. The van der Waals surface area contributed by atoms with Gasteiger partial charge in [-0.2, -0.15) is 0 Å². The Hall–Kier alpha value is -1.74. The molecular weight excluding hydrogens is 370 g/mol. The van der Waals surface area contributed by atoms with Gasteiger partial charge in [0.2, 0.25) is 10.0 Å². The molecule has 1 unspecified atom stereocenters. The van der Waals surface area contributed by atoms with Gasteiger partial charge in [0, 0.05) is 19.4 Å². The molecule has 1 aromatic heterocycles. The van der Waals surface area contributed by atoms with Gasteiger partial charge in [-0.25, -0.2) is 13.6 Å². The molecule has 8 heteroatoms. The number of hydrogen-bond donors (Lipinski definition) is 3. The highest BCUT2D eigenvalue weighted by Gasteiger charge is 2.32. The molecule has 3 rings (SSSR count). The standard InChI is InChI=1S/C18H23N3O3S2/c19-26(23,24)15-7-5-14(6-8-15)9-10-20-18(22)13-21-11-1-3-16(21)17-4-2-12-25-17/h2,4-8,12,16H,1,3,9-11,13H2,(H,20,22)(H2,19,23,24)/p+1/t16-/m0/s1. The Balaban J connectivity index is 1.46. The molecule has 1 fully saturated rings. The number of sulfonamides is 1. The van der Waals surface area contributed by atoms with Gasteiger partial charge in [-0.05, 0) is 35.6 Å². The fraction of sp³-hybridized carbons (Fsp3) is 0.389. The van der Waals surface area contributed by atoms with Crippen LogP contribution in [0.25, 0.3) is 0 Å². The van der Waals surface area contributed by atoms with Gasteiger partial charge >= 0.3 is 0 Å². The number of carbonyl (C=O) groups is 1. The molecular formula is C18H24N3O3S2+. The summed E-state index contributed by atoms with van der Waals surface area (Å²) in [5.41, 5.74) is 0.961. The van der Waals surface area contributed by atoms with Gasteiger partial charge in [0.05, 0.1) is 16.3 Å². The molecule has 2 heterocycles. The molecule has 0 bridgehead atoms. The number of primary sulfonamides is 1. The van der Waals surface area contributed by atoms with E-state index in [9.17, 15) is 13.2 Å². The Bertz CT molecular complexity index is 833. The number of nitrogens with one attached hydrogen (secondary N) is 2. The Morgan fingerprint density at radius 1 is 1.27 bits per heavy atom. The number of carbonyl (C=O) groups excluding carboxylic acids is 1. The summed E-state index contributed by atoms with van der Waals surface area (Å²) in [6.45, 7) is 2.06. The third-order valence-corrected chi connectivity index (χ3v) is 6.66. The van der Waals surface area contributed by atoms with E-state index in [-0.39, 0.29) is 10.8 Å². The van der Waals surface area contributed by atoms with Crippen LogP contribution in [0.15, 0.2) is 46.7 Å². The minimum absolute atomic E-state index is 0.0598. The van der Waals surface area contributed by atoms with Crippen LogP contribution in [-0.2, 0) is 21.2 Å². The maximum Gasteiger partial charge on any atom is 0.275 e. The minimum Gasteiger partial charge on any atom is -0.351 e. The Morgan fingerprint density at radius 2 is 2.04 bits per heavy atom. The highest BCUT2D eigenvalue weighted by Crippen LogP contribution is 2.23. The van der Waals surface area contributed by atoms with E-state index in [1.165, 1.54) is 21.9 Å². The largest absolute Gasteiger partial charge is 0.351 e.